The second kappa shape index (κ2) is 4.09. The summed E-state index contributed by atoms with van der Waals surface area (Å²) in [6.07, 6.45) is 3.97. The fourth-order valence-corrected chi connectivity index (χ4v) is 1.87. The molecule has 0 amide bonds. The molecule has 0 radical (unpaired) electrons. The maximum absolute atomic E-state index is 11.4. The van der Waals surface area contributed by atoms with E-state index in [2.05, 4.69) is 20.4 Å². The zero-order chi connectivity index (χ0) is 10.8. The van der Waals surface area contributed by atoms with Crippen LogP contribution >= 0.6 is 0 Å². The second-order valence-electron chi connectivity index (χ2n) is 4.53. The summed E-state index contributed by atoms with van der Waals surface area (Å²) in [6, 6.07) is 0. The average molecular weight is 194 g/mol. The van der Waals surface area contributed by atoms with Gasteiger partial charge in [0.1, 0.15) is 0 Å². The van der Waals surface area contributed by atoms with Gasteiger partial charge in [-0.15, -0.1) is 0 Å². The summed E-state index contributed by atoms with van der Waals surface area (Å²) >= 11 is 0. The smallest absolute Gasteiger partial charge is 0.181 e. The Labute approximate surface area is 85.3 Å². The number of hydrogen-bond acceptors (Lipinski definition) is 2. The number of aliphatic hydroxyl groups excluding tert-OH is 1. The minimum atomic E-state index is 0.0279. The lowest BCUT2D eigenvalue weighted by atomic mass is 9.72. The van der Waals surface area contributed by atoms with E-state index in [0.29, 0.717) is 5.57 Å². The van der Waals surface area contributed by atoms with E-state index in [9.17, 15) is 4.79 Å². The van der Waals surface area contributed by atoms with Crippen molar-refractivity contribution in [3.05, 3.63) is 23.8 Å². The molecule has 1 aliphatic rings. The molecule has 1 aliphatic carbocycles. The molecule has 78 valence electrons. The van der Waals surface area contributed by atoms with Crippen molar-refractivity contribution < 1.29 is 9.90 Å². The van der Waals surface area contributed by atoms with Crippen LogP contribution in [-0.2, 0) is 4.79 Å². The third-order valence-corrected chi connectivity index (χ3v) is 2.78. The molecule has 0 aromatic carbocycles. The molecule has 0 atom stereocenters. The Morgan fingerprint density at radius 2 is 2.21 bits per heavy atom. The van der Waals surface area contributed by atoms with Crippen molar-refractivity contribution >= 4 is 5.78 Å². The van der Waals surface area contributed by atoms with E-state index in [1.54, 1.807) is 6.08 Å². The predicted octanol–water partition coefficient (Wildman–Crippen LogP) is 2.24. The highest BCUT2D eigenvalue weighted by Crippen LogP contribution is 2.39. The fraction of sp³-hybridized carbons (Fsp3) is 0.583. The van der Waals surface area contributed by atoms with Crippen molar-refractivity contribution in [2.24, 2.45) is 5.41 Å². The first-order chi connectivity index (χ1) is 6.47. The summed E-state index contributed by atoms with van der Waals surface area (Å²) in [7, 11) is 0. The summed E-state index contributed by atoms with van der Waals surface area (Å²) in [5.41, 5.74) is 1.87. The molecule has 2 heteroatoms. The molecule has 2 nitrogen and oxygen atoms in total. The van der Waals surface area contributed by atoms with Crippen LogP contribution in [0.3, 0.4) is 0 Å². The van der Waals surface area contributed by atoms with Crippen molar-refractivity contribution in [3.63, 3.8) is 0 Å². The molecule has 0 spiro atoms. The largest absolute Gasteiger partial charge is 0.396 e. The first-order valence-electron chi connectivity index (χ1n) is 5.01. The highest BCUT2D eigenvalue weighted by molar-refractivity contribution is 6.05. The van der Waals surface area contributed by atoms with Gasteiger partial charge in [-0.25, -0.2) is 0 Å². The van der Waals surface area contributed by atoms with Gasteiger partial charge in [0, 0.05) is 6.61 Å². The number of rotatable bonds is 3. The Bertz CT molecular complexity index is 285. The van der Waals surface area contributed by atoms with Crippen molar-refractivity contribution in [1.82, 2.24) is 0 Å². The number of aliphatic hydroxyl groups is 1. The molecule has 0 saturated heterocycles. The number of ketones is 1. The van der Waals surface area contributed by atoms with Crippen molar-refractivity contribution in [3.8, 4) is 0 Å². The summed E-state index contributed by atoms with van der Waals surface area (Å²) < 4.78 is 0. The van der Waals surface area contributed by atoms with Crippen LogP contribution in [0.1, 0.15) is 33.1 Å². The van der Waals surface area contributed by atoms with E-state index in [4.69, 9.17) is 5.11 Å². The predicted molar refractivity (Wildman–Crippen MR) is 56.9 cm³/mol. The standard InChI is InChI=1S/C12H18O2/c1-9-8-12(2,3)10(5-4-6-13)7-11(9)14/h7,13H,1,4-6,8H2,2-3H3. The fourth-order valence-electron chi connectivity index (χ4n) is 1.87. The van der Waals surface area contributed by atoms with E-state index in [-0.39, 0.29) is 17.8 Å². The Morgan fingerprint density at radius 3 is 2.79 bits per heavy atom. The molecule has 1 N–H and O–H groups in total. The van der Waals surface area contributed by atoms with Crippen LogP contribution in [0.4, 0.5) is 0 Å². The molecule has 0 aromatic rings. The van der Waals surface area contributed by atoms with E-state index in [1.807, 2.05) is 0 Å². The quantitative estimate of drug-likeness (QED) is 0.699. The van der Waals surface area contributed by atoms with E-state index in [1.165, 1.54) is 0 Å². The molecule has 0 fully saturated rings. The highest BCUT2D eigenvalue weighted by Gasteiger charge is 2.30. The summed E-state index contributed by atoms with van der Waals surface area (Å²) in [6.45, 7) is 8.18. The summed E-state index contributed by atoms with van der Waals surface area (Å²) in [4.78, 5) is 11.4. The van der Waals surface area contributed by atoms with Gasteiger partial charge in [0.15, 0.2) is 5.78 Å². The van der Waals surface area contributed by atoms with Crippen molar-refractivity contribution in [1.29, 1.82) is 0 Å². The van der Waals surface area contributed by atoms with Crippen molar-refractivity contribution in [2.75, 3.05) is 6.61 Å². The van der Waals surface area contributed by atoms with Crippen LogP contribution in [0.25, 0.3) is 0 Å². The van der Waals surface area contributed by atoms with Gasteiger partial charge in [-0.05, 0) is 36.3 Å². The first-order valence-corrected chi connectivity index (χ1v) is 5.01. The molecule has 0 bridgehead atoms. The number of carbonyl (C=O) groups is 1. The lowest BCUT2D eigenvalue weighted by Gasteiger charge is -2.32. The number of allylic oxidation sites excluding steroid dienone is 3. The number of hydrogen-bond donors (Lipinski definition) is 1. The van der Waals surface area contributed by atoms with Gasteiger partial charge in [-0.2, -0.15) is 0 Å². The molecular formula is C12H18O2. The zero-order valence-electron chi connectivity index (χ0n) is 8.97. The lowest BCUT2D eigenvalue weighted by Crippen LogP contribution is -2.23. The highest BCUT2D eigenvalue weighted by atomic mass is 16.2. The Kier molecular flexibility index (Phi) is 3.27. The molecule has 0 saturated carbocycles. The molecule has 0 unspecified atom stereocenters. The second-order valence-corrected chi connectivity index (χ2v) is 4.53. The summed E-state index contributed by atoms with van der Waals surface area (Å²) in [5.74, 6) is 0.0530. The maximum Gasteiger partial charge on any atom is 0.181 e. The van der Waals surface area contributed by atoms with E-state index < -0.39 is 0 Å². The topological polar surface area (TPSA) is 37.3 Å². The lowest BCUT2D eigenvalue weighted by molar-refractivity contribution is -0.112. The van der Waals surface area contributed by atoms with Gasteiger partial charge in [0.2, 0.25) is 0 Å². The monoisotopic (exact) mass is 194 g/mol. The normalized spacial score (nSPS) is 20.9. The Hall–Kier alpha value is -0.890. The Morgan fingerprint density at radius 1 is 1.57 bits per heavy atom. The van der Waals surface area contributed by atoms with E-state index in [0.717, 1.165) is 24.8 Å². The van der Waals surface area contributed by atoms with Gasteiger partial charge in [0.25, 0.3) is 0 Å². The Balaban J connectivity index is 2.84. The van der Waals surface area contributed by atoms with Crippen LogP contribution in [0.2, 0.25) is 0 Å². The van der Waals surface area contributed by atoms with Gasteiger partial charge < -0.3 is 5.11 Å². The molecule has 14 heavy (non-hydrogen) atoms. The van der Waals surface area contributed by atoms with Crippen molar-refractivity contribution in [2.45, 2.75) is 33.1 Å². The third kappa shape index (κ3) is 2.32. The zero-order valence-corrected chi connectivity index (χ0v) is 8.97. The van der Waals surface area contributed by atoms with Gasteiger partial charge in [-0.1, -0.05) is 26.0 Å². The van der Waals surface area contributed by atoms with Gasteiger partial charge in [0.05, 0.1) is 0 Å². The molecule has 1 rings (SSSR count). The SMILES string of the molecule is C=C1CC(C)(C)C(CCCO)=CC1=O. The molecule has 0 aromatic heterocycles. The molecular weight excluding hydrogens is 176 g/mol. The first kappa shape index (κ1) is 11.2. The van der Waals surface area contributed by atoms with Gasteiger partial charge >= 0.3 is 0 Å². The van der Waals surface area contributed by atoms with Crippen LogP contribution < -0.4 is 0 Å². The maximum atomic E-state index is 11.4. The van der Waals surface area contributed by atoms with Crippen LogP contribution in [0.5, 0.6) is 0 Å². The molecule has 0 aliphatic heterocycles. The summed E-state index contributed by atoms with van der Waals surface area (Å²) in [5, 5.41) is 8.76. The van der Waals surface area contributed by atoms with Crippen LogP contribution in [-0.4, -0.2) is 17.5 Å². The van der Waals surface area contributed by atoms with Crippen LogP contribution in [0.15, 0.2) is 23.8 Å². The number of carbonyl (C=O) groups excluding carboxylic acids is 1. The third-order valence-electron chi connectivity index (χ3n) is 2.78. The molecule has 0 heterocycles. The van der Waals surface area contributed by atoms with Crippen LogP contribution in [0, 0.1) is 5.41 Å². The van der Waals surface area contributed by atoms with E-state index >= 15 is 0 Å². The van der Waals surface area contributed by atoms with Gasteiger partial charge in [-0.3, -0.25) is 4.79 Å². The average Bonchev–Trinajstić information content (AvgIpc) is 2.08. The minimum absolute atomic E-state index is 0.0279. The minimum Gasteiger partial charge on any atom is -0.396 e.